The van der Waals surface area contributed by atoms with Gasteiger partial charge in [-0.1, -0.05) is 200 Å². The third-order valence-electron chi connectivity index (χ3n) is 8.56. The fourth-order valence-electron chi connectivity index (χ4n) is 5.80. The Morgan fingerprint density at radius 3 is 0.925 bits per heavy atom. The lowest BCUT2D eigenvalue weighted by Crippen LogP contribution is -2.39. The zero-order valence-corrected chi connectivity index (χ0v) is 27.3. The van der Waals surface area contributed by atoms with Crippen molar-refractivity contribution < 1.29 is 9.90 Å². The summed E-state index contributed by atoms with van der Waals surface area (Å²) in [5.74, 6) is -0.0895. The molecule has 0 bridgehead atoms. The summed E-state index contributed by atoms with van der Waals surface area (Å²) in [5, 5.41) is 11.8. The average molecular weight is 567 g/mol. The lowest BCUT2D eigenvalue weighted by atomic mass is 10.0. The van der Waals surface area contributed by atoms with Gasteiger partial charge in [-0.25, -0.2) is 0 Å². The molecule has 4 nitrogen and oxygen atoms in total. The van der Waals surface area contributed by atoms with Crippen LogP contribution in [-0.2, 0) is 4.79 Å². The van der Waals surface area contributed by atoms with E-state index >= 15 is 0 Å². The first-order chi connectivity index (χ1) is 19.7. The van der Waals surface area contributed by atoms with Gasteiger partial charge < -0.3 is 16.2 Å². The fourth-order valence-corrected chi connectivity index (χ4v) is 5.80. The average Bonchev–Trinajstić information content (AvgIpc) is 2.95. The highest BCUT2D eigenvalue weighted by atomic mass is 16.3. The second kappa shape index (κ2) is 34.6. The molecule has 0 aliphatic rings. The van der Waals surface area contributed by atoms with E-state index in [9.17, 15) is 9.90 Å². The SMILES string of the molecule is CCCCCCCCCCCCCCCCCCCCCCCCCCCCCCCCCC(=O)NC(O)CN. The Morgan fingerprint density at radius 2 is 0.700 bits per heavy atom. The summed E-state index contributed by atoms with van der Waals surface area (Å²) in [6.07, 6.45) is 43.1. The highest BCUT2D eigenvalue weighted by Gasteiger charge is 2.06. The van der Waals surface area contributed by atoms with Crippen molar-refractivity contribution in [3.63, 3.8) is 0 Å². The Kier molecular flexibility index (Phi) is 34.1. The summed E-state index contributed by atoms with van der Waals surface area (Å²) >= 11 is 0. The van der Waals surface area contributed by atoms with Gasteiger partial charge in [-0.3, -0.25) is 4.79 Å². The maximum atomic E-state index is 11.5. The molecule has 4 heteroatoms. The van der Waals surface area contributed by atoms with Crippen LogP contribution in [0.25, 0.3) is 0 Å². The summed E-state index contributed by atoms with van der Waals surface area (Å²) in [4.78, 5) is 11.5. The molecule has 1 unspecified atom stereocenters. The molecular weight excluding hydrogens is 492 g/mol. The van der Waals surface area contributed by atoms with Gasteiger partial charge in [0.1, 0.15) is 6.23 Å². The van der Waals surface area contributed by atoms with Crippen molar-refractivity contribution in [2.75, 3.05) is 6.54 Å². The Labute approximate surface area is 251 Å². The van der Waals surface area contributed by atoms with Crippen LogP contribution in [0.1, 0.15) is 212 Å². The Morgan fingerprint density at radius 1 is 0.475 bits per heavy atom. The van der Waals surface area contributed by atoms with Gasteiger partial charge in [-0.05, 0) is 6.42 Å². The van der Waals surface area contributed by atoms with Crippen LogP contribution in [0.4, 0.5) is 0 Å². The quantitative estimate of drug-likeness (QED) is 0.0535. The molecule has 0 heterocycles. The zero-order valence-electron chi connectivity index (χ0n) is 27.3. The van der Waals surface area contributed by atoms with E-state index in [4.69, 9.17) is 5.73 Å². The van der Waals surface area contributed by atoms with Gasteiger partial charge in [0.15, 0.2) is 0 Å². The van der Waals surface area contributed by atoms with E-state index in [1.807, 2.05) is 0 Å². The summed E-state index contributed by atoms with van der Waals surface area (Å²) in [7, 11) is 0. The van der Waals surface area contributed by atoms with Gasteiger partial charge in [-0.15, -0.1) is 0 Å². The molecule has 0 radical (unpaired) electrons. The monoisotopic (exact) mass is 567 g/mol. The number of amides is 1. The Bertz CT molecular complexity index is 485. The first kappa shape index (κ1) is 39.4. The minimum Gasteiger partial charge on any atom is -0.372 e. The van der Waals surface area contributed by atoms with Crippen molar-refractivity contribution in [1.82, 2.24) is 5.32 Å². The molecule has 0 aliphatic carbocycles. The molecule has 0 spiro atoms. The summed E-state index contributed by atoms with van der Waals surface area (Å²) < 4.78 is 0. The van der Waals surface area contributed by atoms with E-state index in [0.717, 1.165) is 12.8 Å². The predicted molar refractivity (Wildman–Crippen MR) is 177 cm³/mol. The maximum absolute atomic E-state index is 11.5. The van der Waals surface area contributed by atoms with Gasteiger partial charge in [0.2, 0.25) is 5.91 Å². The van der Waals surface area contributed by atoms with Crippen LogP contribution in [0.3, 0.4) is 0 Å². The van der Waals surface area contributed by atoms with E-state index in [2.05, 4.69) is 12.2 Å². The number of hydrogen-bond acceptors (Lipinski definition) is 3. The highest BCUT2D eigenvalue weighted by Crippen LogP contribution is 2.16. The number of aliphatic hydroxyl groups excluding tert-OH is 1. The van der Waals surface area contributed by atoms with Gasteiger partial charge in [0, 0.05) is 13.0 Å². The minimum atomic E-state index is -0.897. The minimum absolute atomic E-state index is 0.0748. The molecular formula is C36H74N2O2. The van der Waals surface area contributed by atoms with E-state index < -0.39 is 6.23 Å². The standard InChI is InChI=1S/C36H74N2O2/c1-2-3-4-5-6-7-8-9-10-11-12-13-14-15-16-17-18-19-20-21-22-23-24-25-26-27-28-29-30-31-32-33-35(39)38-36(40)34-37/h36,40H,2-34,37H2,1H3,(H,38,39). The molecule has 0 saturated carbocycles. The van der Waals surface area contributed by atoms with Crippen molar-refractivity contribution in [2.24, 2.45) is 5.73 Å². The van der Waals surface area contributed by atoms with Crippen LogP contribution in [-0.4, -0.2) is 23.8 Å². The molecule has 0 rings (SSSR count). The molecule has 0 aromatic rings. The molecule has 0 aliphatic heterocycles. The van der Waals surface area contributed by atoms with Gasteiger partial charge in [0.25, 0.3) is 0 Å². The van der Waals surface area contributed by atoms with Crippen LogP contribution in [0.5, 0.6) is 0 Å². The van der Waals surface area contributed by atoms with Gasteiger partial charge >= 0.3 is 0 Å². The zero-order chi connectivity index (χ0) is 29.2. The van der Waals surface area contributed by atoms with Crippen LogP contribution < -0.4 is 11.1 Å². The normalized spacial score (nSPS) is 12.2. The number of carbonyl (C=O) groups excluding carboxylic acids is 1. The van der Waals surface area contributed by atoms with Crippen LogP contribution >= 0.6 is 0 Å². The van der Waals surface area contributed by atoms with Crippen LogP contribution in [0, 0.1) is 0 Å². The number of unbranched alkanes of at least 4 members (excludes halogenated alkanes) is 30. The lowest BCUT2D eigenvalue weighted by molar-refractivity contribution is -0.124. The molecule has 240 valence electrons. The third-order valence-corrected chi connectivity index (χ3v) is 8.56. The van der Waals surface area contributed by atoms with Crippen molar-refractivity contribution in [1.29, 1.82) is 0 Å². The second-order valence-electron chi connectivity index (χ2n) is 12.7. The number of hydrogen-bond donors (Lipinski definition) is 3. The molecule has 0 aromatic carbocycles. The van der Waals surface area contributed by atoms with Crippen molar-refractivity contribution in [3.8, 4) is 0 Å². The largest absolute Gasteiger partial charge is 0.372 e. The van der Waals surface area contributed by atoms with Crippen molar-refractivity contribution >= 4 is 5.91 Å². The number of carbonyl (C=O) groups is 1. The molecule has 0 fully saturated rings. The molecule has 40 heavy (non-hydrogen) atoms. The van der Waals surface area contributed by atoms with Crippen LogP contribution in [0.15, 0.2) is 0 Å². The van der Waals surface area contributed by atoms with Crippen molar-refractivity contribution in [2.45, 2.75) is 219 Å². The predicted octanol–water partition coefficient (Wildman–Crippen LogP) is 10.9. The second-order valence-corrected chi connectivity index (χ2v) is 12.7. The molecule has 0 aromatic heterocycles. The van der Waals surface area contributed by atoms with Gasteiger partial charge in [0.05, 0.1) is 0 Å². The number of rotatable bonds is 34. The molecule has 1 amide bonds. The summed E-state index contributed by atoms with van der Waals surface area (Å²) in [6, 6.07) is 0. The smallest absolute Gasteiger partial charge is 0.222 e. The maximum Gasteiger partial charge on any atom is 0.222 e. The van der Waals surface area contributed by atoms with E-state index in [0.29, 0.717) is 6.42 Å². The topological polar surface area (TPSA) is 75.3 Å². The van der Waals surface area contributed by atoms with Crippen LogP contribution in [0.2, 0.25) is 0 Å². The number of aliphatic hydroxyl groups is 1. The van der Waals surface area contributed by atoms with Crippen molar-refractivity contribution in [3.05, 3.63) is 0 Å². The fraction of sp³-hybridized carbons (Fsp3) is 0.972. The van der Waals surface area contributed by atoms with E-state index in [1.54, 1.807) is 0 Å². The Hall–Kier alpha value is -0.610. The molecule has 1 atom stereocenters. The van der Waals surface area contributed by atoms with E-state index in [1.165, 1.54) is 186 Å². The lowest BCUT2D eigenvalue weighted by Gasteiger charge is -2.09. The third kappa shape index (κ3) is 33.6. The number of nitrogens with one attached hydrogen (secondary N) is 1. The molecule has 4 N–H and O–H groups in total. The van der Waals surface area contributed by atoms with E-state index in [-0.39, 0.29) is 12.5 Å². The number of nitrogens with two attached hydrogens (primary N) is 1. The summed E-state index contributed by atoms with van der Waals surface area (Å²) in [6.45, 7) is 2.37. The first-order valence-corrected chi connectivity index (χ1v) is 18.4. The van der Waals surface area contributed by atoms with Gasteiger partial charge in [-0.2, -0.15) is 0 Å². The summed E-state index contributed by atoms with van der Waals surface area (Å²) in [5.41, 5.74) is 5.29. The Balaban J connectivity index is 3.08. The highest BCUT2D eigenvalue weighted by molar-refractivity contribution is 5.75. The molecule has 0 saturated heterocycles. The first-order valence-electron chi connectivity index (χ1n) is 18.4.